The Hall–Kier alpha value is -2.17. The Balaban J connectivity index is 2.04. The molecule has 1 amide bonds. The number of rotatable bonds is 2. The van der Waals surface area contributed by atoms with Gasteiger partial charge >= 0.3 is 0 Å². The van der Waals surface area contributed by atoms with E-state index in [9.17, 15) is 4.79 Å². The number of amides is 1. The Morgan fingerprint density at radius 3 is 2.90 bits per heavy atom. The van der Waals surface area contributed by atoms with Gasteiger partial charge in [-0.1, -0.05) is 12.1 Å². The van der Waals surface area contributed by atoms with E-state index in [0.717, 1.165) is 36.1 Å². The van der Waals surface area contributed by atoms with Crippen LogP contribution in [0.5, 0.6) is 0 Å². The lowest BCUT2D eigenvalue weighted by Crippen LogP contribution is -2.43. The molecule has 1 aliphatic rings. The molecule has 1 atom stereocenters. The molecule has 2 aromatic rings. The fourth-order valence-electron chi connectivity index (χ4n) is 2.79. The molecule has 5 nitrogen and oxygen atoms in total. The molecular weight excluding hydrogens is 252 g/mol. The van der Waals surface area contributed by atoms with Crippen LogP contribution in [0.25, 0.3) is 10.9 Å². The summed E-state index contributed by atoms with van der Waals surface area (Å²) in [6.07, 6.45) is 3.48. The smallest absolute Gasteiger partial charge is 0.244 e. The summed E-state index contributed by atoms with van der Waals surface area (Å²) >= 11 is 0. The van der Waals surface area contributed by atoms with E-state index < -0.39 is 0 Å². The third-order valence-corrected chi connectivity index (χ3v) is 3.77. The Bertz CT molecular complexity index is 635. The van der Waals surface area contributed by atoms with Crippen LogP contribution < -0.4 is 4.90 Å². The maximum atomic E-state index is 12.3. The molecule has 1 saturated heterocycles. The van der Waals surface area contributed by atoms with Crippen molar-refractivity contribution in [2.75, 3.05) is 25.5 Å². The summed E-state index contributed by atoms with van der Waals surface area (Å²) in [5.41, 5.74) is 0.917. The number of carbonyl (C=O) groups is 1. The first kappa shape index (κ1) is 12.8. The molecule has 0 saturated carbocycles. The summed E-state index contributed by atoms with van der Waals surface area (Å²) in [5.74, 6) is 1.01. The van der Waals surface area contributed by atoms with Crippen LogP contribution in [-0.4, -0.2) is 47.5 Å². The quantitative estimate of drug-likeness (QED) is 0.833. The highest BCUT2D eigenvalue weighted by Crippen LogP contribution is 2.29. The molecule has 0 unspecified atom stereocenters. The molecule has 0 bridgehead atoms. The van der Waals surface area contributed by atoms with Crippen LogP contribution in [0.1, 0.15) is 12.8 Å². The van der Waals surface area contributed by atoms with Crippen molar-refractivity contribution >= 4 is 22.6 Å². The second-order valence-corrected chi connectivity index (χ2v) is 5.30. The maximum absolute atomic E-state index is 12.3. The van der Waals surface area contributed by atoms with Crippen LogP contribution in [0, 0.1) is 0 Å². The fourth-order valence-corrected chi connectivity index (χ4v) is 2.79. The lowest BCUT2D eigenvalue weighted by molar-refractivity contribution is -0.129. The summed E-state index contributed by atoms with van der Waals surface area (Å²) in [4.78, 5) is 24.8. The van der Waals surface area contributed by atoms with Gasteiger partial charge in [-0.2, -0.15) is 0 Å². The van der Waals surface area contributed by atoms with Crippen molar-refractivity contribution in [1.29, 1.82) is 0 Å². The molecule has 1 aromatic heterocycles. The van der Waals surface area contributed by atoms with Gasteiger partial charge in [0.1, 0.15) is 18.2 Å². The number of fused-ring (bicyclic) bond motifs is 1. The number of nitrogens with zero attached hydrogens (tertiary/aromatic N) is 4. The van der Waals surface area contributed by atoms with E-state index in [1.807, 2.05) is 24.3 Å². The zero-order valence-electron chi connectivity index (χ0n) is 11.8. The molecule has 2 heterocycles. The molecule has 0 aliphatic carbocycles. The van der Waals surface area contributed by atoms with Crippen LogP contribution in [-0.2, 0) is 4.79 Å². The molecule has 5 heteroatoms. The van der Waals surface area contributed by atoms with Crippen molar-refractivity contribution in [3.63, 3.8) is 0 Å². The fraction of sp³-hybridized carbons (Fsp3) is 0.400. The SMILES string of the molecule is CN(C)C(=O)[C@@H]1CCCN1c1ncnc2ccccc12. The Morgan fingerprint density at radius 2 is 2.10 bits per heavy atom. The molecule has 0 N–H and O–H groups in total. The first-order valence-electron chi connectivity index (χ1n) is 6.86. The normalized spacial score (nSPS) is 18.5. The zero-order chi connectivity index (χ0) is 14.1. The second-order valence-electron chi connectivity index (χ2n) is 5.30. The number of likely N-dealkylation sites (N-methyl/N-ethyl adjacent to an activating group) is 1. The van der Waals surface area contributed by atoms with Gasteiger partial charge in [-0.15, -0.1) is 0 Å². The number of anilines is 1. The highest BCUT2D eigenvalue weighted by molar-refractivity contribution is 5.93. The minimum atomic E-state index is -0.108. The van der Waals surface area contributed by atoms with Gasteiger partial charge < -0.3 is 9.80 Å². The van der Waals surface area contributed by atoms with Gasteiger partial charge in [-0.05, 0) is 25.0 Å². The summed E-state index contributed by atoms with van der Waals surface area (Å²) in [6, 6.07) is 7.82. The molecule has 0 spiro atoms. The van der Waals surface area contributed by atoms with E-state index in [0.29, 0.717) is 0 Å². The van der Waals surface area contributed by atoms with E-state index >= 15 is 0 Å². The van der Waals surface area contributed by atoms with Gasteiger partial charge in [0.05, 0.1) is 5.52 Å². The van der Waals surface area contributed by atoms with Gasteiger partial charge in [0, 0.05) is 26.0 Å². The third-order valence-electron chi connectivity index (χ3n) is 3.77. The Morgan fingerprint density at radius 1 is 1.30 bits per heavy atom. The van der Waals surface area contributed by atoms with Crippen molar-refractivity contribution in [1.82, 2.24) is 14.9 Å². The van der Waals surface area contributed by atoms with Crippen LogP contribution in [0.4, 0.5) is 5.82 Å². The highest BCUT2D eigenvalue weighted by Gasteiger charge is 2.33. The number of para-hydroxylation sites is 1. The van der Waals surface area contributed by atoms with Gasteiger partial charge in [-0.25, -0.2) is 9.97 Å². The average Bonchev–Trinajstić information content (AvgIpc) is 2.94. The number of benzene rings is 1. The first-order chi connectivity index (χ1) is 9.68. The molecule has 3 rings (SSSR count). The minimum absolute atomic E-state index is 0.108. The lowest BCUT2D eigenvalue weighted by atomic mass is 10.1. The van der Waals surface area contributed by atoms with Gasteiger partial charge in [0.15, 0.2) is 0 Å². The number of carbonyl (C=O) groups excluding carboxylic acids is 1. The van der Waals surface area contributed by atoms with Crippen molar-refractivity contribution < 1.29 is 4.79 Å². The van der Waals surface area contributed by atoms with E-state index in [2.05, 4.69) is 14.9 Å². The summed E-state index contributed by atoms with van der Waals surface area (Å²) in [6.45, 7) is 0.866. The molecule has 0 radical (unpaired) electrons. The monoisotopic (exact) mass is 270 g/mol. The maximum Gasteiger partial charge on any atom is 0.244 e. The standard InChI is InChI=1S/C15H18N4O/c1-18(2)15(20)13-8-5-9-19(13)14-11-6-3-4-7-12(11)16-10-17-14/h3-4,6-7,10,13H,5,8-9H2,1-2H3/t13-/m0/s1. The van der Waals surface area contributed by atoms with Crippen molar-refractivity contribution in [3.05, 3.63) is 30.6 Å². The molecule has 1 fully saturated rings. The van der Waals surface area contributed by atoms with Crippen LogP contribution in [0.2, 0.25) is 0 Å². The zero-order valence-corrected chi connectivity index (χ0v) is 11.8. The topological polar surface area (TPSA) is 49.3 Å². The van der Waals surface area contributed by atoms with Crippen molar-refractivity contribution in [2.45, 2.75) is 18.9 Å². The Labute approximate surface area is 118 Å². The molecule has 104 valence electrons. The molecule has 20 heavy (non-hydrogen) atoms. The van der Waals surface area contributed by atoms with E-state index in [-0.39, 0.29) is 11.9 Å². The molecule has 1 aliphatic heterocycles. The number of aromatic nitrogens is 2. The van der Waals surface area contributed by atoms with Crippen LogP contribution >= 0.6 is 0 Å². The number of hydrogen-bond donors (Lipinski definition) is 0. The number of hydrogen-bond acceptors (Lipinski definition) is 4. The van der Waals surface area contributed by atoms with Gasteiger partial charge in [0.2, 0.25) is 5.91 Å². The highest BCUT2D eigenvalue weighted by atomic mass is 16.2. The molecule has 1 aromatic carbocycles. The summed E-state index contributed by atoms with van der Waals surface area (Å²) in [7, 11) is 3.60. The summed E-state index contributed by atoms with van der Waals surface area (Å²) < 4.78 is 0. The minimum Gasteiger partial charge on any atom is -0.347 e. The predicted molar refractivity (Wildman–Crippen MR) is 78.6 cm³/mol. The van der Waals surface area contributed by atoms with Crippen molar-refractivity contribution in [3.8, 4) is 0 Å². The van der Waals surface area contributed by atoms with E-state index in [1.165, 1.54) is 0 Å². The van der Waals surface area contributed by atoms with Crippen LogP contribution in [0.3, 0.4) is 0 Å². The van der Waals surface area contributed by atoms with E-state index in [1.54, 1.807) is 25.3 Å². The lowest BCUT2D eigenvalue weighted by Gasteiger charge is -2.27. The second kappa shape index (κ2) is 5.07. The van der Waals surface area contributed by atoms with Crippen molar-refractivity contribution in [2.24, 2.45) is 0 Å². The molecular formula is C15H18N4O. The largest absolute Gasteiger partial charge is 0.347 e. The van der Waals surface area contributed by atoms with E-state index in [4.69, 9.17) is 0 Å². The van der Waals surface area contributed by atoms with Gasteiger partial charge in [-0.3, -0.25) is 4.79 Å². The van der Waals surface area contributed by atoms with Crippen LogP contribution in [0.15, 0.2) is 30.6 Å². The summed E-state index contributed by atoms with van der Waals surface area (Å²) in [5, 5.41) is 1.01. The Kier molecular flexibility index (Phi) is 3.26. The first-order valence-corrected chi connectivity index (χ1v) is 6.86. The third kappa shape index (κ3) is 2.09. The van der Waals surface area contributed by atoms with Gasteiger partial charge in [0.25, 0.3) is 0 Å². The average molecular weight is 270 g/mol. The predicted octanol–water partition coefficient (Wildman–Crippen LogP) is 1.69.